The number of amides is 2. The summed E-state index contributed by atoms with van der Waals surface area (Å²) in [4.78, 5) is 34.4. The molecule has 2 aliphatic rings. The monoisotopic (exact) mass is 488 g/mol. The largest absolute Gasteiger partial charge is 0.378 e. The van der Waals surface area contributed by atoms with E-state index in [1.54, 1.807) is 0 Å². The van der Waals surface area contributed by atoms with E-state index in [4.69, 9.17) is 10.5 Å². The maximum absolute atomic E-state index is 13.2. The lowest BCUT2D eigenvalue weighted by Crippen LogP contribution is -2.41. The molecule has 2 aromatic heterocycles. The number of anilines is 2. The van der Waals surface area contributed by atoms with Crippen LogP contribution in [0.25, 0.3) is 11.6 Å². The third-order valence-corrected chi connectivity index (χ3v) is 7.00. The van der Waals surface area contributed by atoms with Crippen molar-refractivity contribution in [2.45, 2.75) is 19.8 Å². The first kappa shape index (κ1) is 23.9. The van der Waals surface area contributed by atoms with E-state index in [0.29, 0.717) is 50.5 Å². The Hall–Kier alpha value is -3.82. The van der Waals surface area contributed by atoms with Crippen LogP contribution in [0.1, 0.15) is 44.4 Å². The molecule has 2 aliphatic heterocycles. The summed E-state index contributed by atoms with van der Waals surface area (Å²) in [5.74, 6) is 0.839. The van der Waals surface area contributed by atoms with Gasteiger partial charge < -0.3 is 36.0 Å². The second-order valence-corrected chi connectivity index (χ2v) is 9.28. The van der Waals surface area contributed by atoms with Crippen molar-refractivity contribution in [2.24, 2.45) is 5.73 Å². The highest BCUT2D eigenvalue weighted by Gasteiger charge is 2.28. The first-order valence-corrected chi connectivity index (χ1v) is 12.3. The maximum Gasteiger partial charge on any atom is 0.256 e. The van der Waals surface area contributed by atoms with Gasteiger partial charge in [-0.3, -0.25) is 9.59 Å². The van der Waals surface area contributed by atoms with E-state index in [-0.39, 0.29) is 17.7 Å². The first-order valence-electron chi connectivity index (χ1n) is 12.3. The van der Waals surface area contributed by atoms with Crippen molar-refractivity contribution in [2.75, 3.05) is 50.0 Å². The molecule has 1 aromatic carbocycles. The van der Waals surface area contributed by atoms with Gasteiger partial charge in [-0.1, -0.05) is 6.07 Å². The number of morpholine rings is 1. The van der Waals surface area contributed by atoms with E-state index < -0.39 is 0 Å². The van der Waals surface area contributed by atoms with Crippen molar-refractivity contribution in [1.29, 1.82) is 0 Å². The van der Waals surface area contributed by atoms with E-state index in [1.165, 1.54) is 0 Å². The SMILES string of the molecule is Cc1[nH]c(/C=C2\C(=O)Nc3ccc(C(CN)CNc4ccc[nH]4)cc32)c(C)c1C(=O)N1CCOCC1. The average Bonchev–Trinajstić information content (AvgIpc) is 3.58. The fourth-order valence-electron chi connectivity index (χ4n) is 4.92. The molecule has 0 bridgehead atoms. The number of nitrogens with zero attached hydrogens (tertiary/aromatic N) is 1. The topological polar surface area (TPSA) is 128 Å². The summed E-state index contributed by atoms with van der Waals surface area (Å²) >= 11 is 0. The Bertz CT molecular complexity index is 1300. The van der Waals surface area contributed by atoms with E-state index in [0.717, 1.165) is 39.6 Å². The van der Waals surface area contributed by atoms with Gasteiger partial charge in [0.2, 0.25) is 0 Å². The molecule has 2 amide bonds. The molecule has 188 valence electrons. The number of nitrogens with one attached hydrogen (secondary N) is 4. The number of rotatable bonds is 7. The number of H-pyrrole nitrogens is 2. The van der Waals surface area contributed by atoms with Crippen LogP contribution in [-0.4, -0.2) is 66.1 Å². The molecule has 0 saturated carbocycles. The fourth-order valence-corrected chi connectivity index (χ4v) is 4.92. The lowest BCUT2D eigenvalue weighted by molar-refractivity contribution is -0.110. The minimum absolute atomic E-state index is 0.00638. The van der Waals surface area contributed by atoms with Gasteiger partial charge in [-0.05, 0) is 55.3 Å². The van der Waals surface area contributed by atoms with Crippen LogP contribution in [0, 0.1) is 13.8 Å². The fraction of sp³-hybridized carbons (Fsp3) is 0.333. The Morgan fingerprint density at radius 2 is 2.06 bits per heavy atom. The van der Waals surface area contributed by atoms with Crippen LogP contribution in [0.15, 0.2) is 36.5 Å². The molecule has 1 saturated heterocycles. The summed E-state index contributed by atoms with van der Waals surface area (Å²) in [6, 6.07) is 9.89. The predicted molar refractivity (Wildman–Crippen MR) is 141 cm³/mol. The molecule has 1 fully saturated rings. The Morgan fingerprint density at radius 1 is 1.25 bits per heavy atom. The number of carbonyl (C=O) groups excluding carboxylic acids is 2. The highest BCUT2D eigenvalue weighted by Crippen LogP contribution is 2.36. The summed E-state index contributed by atoms with van der Waals surface area (Å²) < 4.78 is 5.38. The molecule has 9 nitrogen and oxygen atoms in total. The van der Waals surface area contributed by atoms with Gasteiger partial charge in [0.15, 0.2) is 0 Å². The van der Waals surface area contributed by atoms with Crippen molar-refractivity contribution < 1.29 is 14.3 Å². The van der Waals surface area contributed by atoms with E-state index >= 15 is 0 Å². The van der Waals surface area contributed by atoms with Crippen molar-refractivity contribution in [3.05, 3.63) is 70.2 Å². The van der Waals surface area contributed by atoms with Gasteiger partial charge in [0.25, 0.3) is 11.8 Å². The number of aromatic amines is 2. The number of nitrogens with two attached hydrogens (primary N) is 1. The van der Waals surface area contributed by atoms with Gasteiger partial charge >= 0.3 is 0 Å². The maximum atomic E-state index is 13.2. The quantitative estimate of drug-likeness (QED) is 0.327. The highest BCUT2D eigenvalue weighted by molar-refractivity contribution is 6.35. The average molecular weight is 489 g/mol. The summed E-state index contributed by atoms with van der Waals surface area (Å²) in [5, 5.41) is 6.33. The zero-order chi connectivity index (χ0) is 25.2. The lowest BCUT2D eigenvalue weighted by Gasteiger charge is -2.27. The Kier molecular flexibility index (Phi) is 6.67. The Balaban J connectivity index is 1.43. The molecular weight excluding hydrogens is 456 g/mol. The third-order valence-electron chi connectivity index (χ3n) is 7.00. The van der Waals surface area contributed by atoms with Crippen LogP contribution in [0.3, 0.4) is 0 Å². The predicted octanol–water partition coefficient (Wildman–Crippen LogP) is 3.08. The number of fused-ring (bicyclic) bond motifs is 1. The molecule has 36 heavy (non-hydrogen) atoms. The highest BCUT2D eigenvalue weighted by atomic mass is 16.5. The molecule has 9 heteroatoms. The van der Waals surface area contributed by atoms with Crippen LogP contribution >= 0.6 is 0 Å². The van der Waals surface area contributed by atoms with E-state index in [9.17, 15) is 9.59 Å². The van der Waals surface area contributed by atoms with Gasteiger partial charge in [-0.15, -0.1) is 0 Å². The second kappa shape index (κ2) is 10.0. The number of hydrogen-bond acceptors (Lipinski definition) is 5. The normalized spacial score (nSPS) is 17.2. The first-order chi connectivity index (χ1) is 17.5. The van der Waals surface area contributed by atoms with E-state index in [2.05, 4.69) is 20.6 Å². The standard InChI is InChI=1S/C27H32N6O3/c1-16-23(31-17(2)25(16)27(35)33-8-10-36-11-9-33)13-21-20-12-18(5-6-22(20)32-26(21)34)19(14-28)15-30-24-4-3-7-29-24/h3-7,12-13,19,29-31H,8-11,14-15,28H2,1-2H3,(H,32,34)/b21-13-. The molecule has 1 atom stereocenters. The van der Waals surface area contributed by atoms with Gasteiger partial charge in [-0.2, -0.15) is 0 Å². The zero-order valence-corrected chi connectivity index (χ0v) is 20.6. The Morgan fingerprint density at radius 3 is 2.78 bits per heavy atom. The molecule has 1 unspecified atom stereocenters. The minimum Gasteiger partial charge on any atom is -0.378 e. The summed E-state index contributed by atoms with van der Waals surface area (Å²) in [6.45, 7) is 7.21. The van der Waals surface area contributed by atoms with Crippen LogP contribution < -0.4 is 16.4 Å². The van der Waals surface area contributed by atoms with E-state index in [1.807, 2.05) is 61.4 Å². The van der Waals surface area contributed by atoms with Crippen molar-refractivity contribution in [3.63, 3.8) is 0 Å². The van der Waals surface area contributed by atoms with Gasteiger partial charge in [-0.25, -0.2) is 0 Å². The minimum atomic E-state index is -0.163. The molecule has 0 aliphatic carbocycles. The van der Waals surface area contributed by atoms with Gasteiger partial charge in [0, 0.05) is 60.9 Å². The van der Waals surface area contributed by atoms with Gasteiger partial charge in [0.1, 0.15) is 5.82 Å². The number of aryl methyl sites for hydroxylation is 1. The smallest absolute Gasteiger partial charge is 0.256 e. The number of carbonyl (C=O) groups is 2. The number of hydrogen-bond donors (Lipinski definition) is 5. The molecule has 5 rings (SSSR count). The third kappa shape index (κ3) is 4.55. The van der Waals surface area contributed by atoms with Crippen molar-refractivity contribution in [3.8, 4) is 0 Å². The lowest BCUT2D eigenvalue weighted by atomic mass is 9.94. The zero-order valence-electron chi connectivity index (χ0n) is 20.6. The molecule has 3 aromatic rings. The van der Waals surface area contributed by atoms with Crippen LogP contribution in [0.4, 0.5) is 11.5 Å². The molecule has 0 spiro atoms. The number of benzene rings is 1. The van der Waals surface area contributed by atoms with Crippen molar-refractivity contribution in [1.82, 2.24) is 14.9 Å². The van der Waals surface area contributed by atoms with Crippen LogP contribution in [-0.2, 0) is 9.53 Å². The second-order valence-electron chi connectivity index (χ2n) is 9.28. The van der Waals surface area contributed by atoms with Crippen LogP contribution in [0.5, 0.6) is 0 Å². The molecule has 6 N–H and O–H groups in total. The summed E-state index contributed by atoms with van der Waals surface area (Å²) in [7, 11) is 0. The van der Waals surface area contributed by atoms with Crippen LogP contribution in [0.2, 0.25) is 0 Å². The summed E-state index contributed by atoms with van der Waals surface area (Å²) in [6.07, 6.45) is 3.71. The molecule has 0 radical (unpaired) electrons. The molecular formula is C27H32N6O3. The number of ether oxygens (including phenoxy) is 1. The van der Waals surface area contributed by atoms with Crippen molar-refractivity contribution >= 4 is 35.0 Å². The Labute approximate surface area is 210 Å². The molecule has 4 heterocycles. The van der Waals surface area contributed by atoms with Gasteiger partial charge in [0.05, 0.1) is 24.4 Å². The summed E-state index contributed by atoms with van der Waals surface area (Å²) in [5.41, 5.74) is 12.4. The number of aromatic nitrogens is 2.